The molecule has 0 spiro atoms. The molecule has 0 unspecified atom stereocenters. The quantitative estimate of drug-likeness (QED) is 0.834. The molecule has 0 aliphatic rings. The number of anilines is 1. The van der Waals surface area contributed by atoms with Crippen LogP contribution in [-0.2, 0) is 0 Å². The highest BCUT2D eigenvalue weighted by molar-refractivity contribution is 5.52. The van der Waals surface area contributed by atoms with Crippen LogP contribution in [0.4, 0.5) is 5.69 Å². The van der Waals surface area contributed by atoms with Gasteiger partial charge in [-0.2, -0.15) is 5.26 Å². The van der Waals surface area contributed by atoms with Gasteiger partial charge in [-0.3, -0.25) is 0 Å². The predicted octanol–water partition coefficient (Wildman–Crippen LogP) is 2.34. The Balaban J connectivity index is 2.31. The van der Waals surface area contributed by atoms with Crippen molar-refractivity contribution in [1.29, 1.82) is 5.26 Å². The highest BCUT2D eigenvalue weighted by atomic mass is 16.5. The minimum atomic E-state index is 0.331. The van der Waals surface area contributed by atoms with Crippen LogP contribution in [0.1, 0.15) is 5.56 Å². The summed E-state index contributed by atoms with van der Waals surface area (Å²) >= 11 is 0. The molecule has 0 saturated carbocycles. The average Bonchev–Trinajstić information content (AvgIpc) is 2.41. The van der Waals surface area contributed by atoms with E-state index in [1.54, 1.807) is 30.3 Å². The molecule has 0 radical (unpaired) electrons. The summed E-state index contributed by atoms with van der Waals surface area (Å²) in [5.41, 5.74) is 6.71. The Bertz CT molecular complexity index is 605. The molecule has 5 heteroatoms. The van der Waals surface area contributed by atoms with Crippen molar-refractivity contribution in [3.63, 3.8) is 0 Å². The number of methoxy groups -OCH3 is 1. The zero-order chi connectivity index (χ0) is 13.0. The van der Waals surface area contributed by atoms with Gasteiger partial charge in [0.25, 0.3) is 0 Å². The van der Waals surface area contributed by atoms with E-state index in [-0.39, 0.29) is 0 Å². The molecule has 0 aliphatic heterocycles. The highest BCUT2D eigenvalue weighted by Gasteiger charge is 2.07. The number of nitriles is 1. The first-order valence-electron chi connectivity index (χ1n) is 5.20. The maximum atomic E-state index is 8.79. The molecule has 2 aromatic rings. The first-order chi connectivity index (χ1) is 8.72. The molecule has 0 fully saturated rings. The average molecular weight is 241 g/mol. The highest BCUT2D eigenvalue weighted by Crippen LogP contribution is 2.32. The van der Waals surface area contributed by atoms with Crippen LogP contribution in [0.25, 0.3) is 0 Å². The largest absolute Gasteiger partial charge is 0.493 e. The molecule has 1 aromatic heterocycles. The van der Waals surface area contributed by atoms with Crippen LogP contribution in [0.3, 0.4) is 0 Å². The second-order valence-electron chi connectivity index (χ2n) is 3.51. The zero-order valence-electron chi connectivity index (χ0n) is 9.75. The van der Waals surface area contributed by atoms with E-state index in [2.05, 4.69) is 4.98 Å². The molecule has 2 N–H and O–H groups in total. The van der Waals surface area contributed by atoms with Gasteiger partial charge in [0.05, 0.1) is 18.7 Å². The first kappa shape index (κ1) is 11.7. The van der Waals surface area contributed by atoms with Gasteiger partial charge < -0.3 is 15.2 Å². The molecule has 1 aromatic carbocycles. The lowest BCUT2D eigenvalue weighted by Crippen LogP contribution is -1.94. The van der Waals surface area contributed by atoms with Gasteiger partial charge in [0.15, 0.2) is 11.5 Å². The molecule has 18 heavy (non-hydrogen) atoms. The van der Waals surface area contributed by atoms with Crippen LogP contribution >= 0.6 is 0 Å². The van der Waals surface area contributed by atoms with E-state index in [9.17, 15) is 0 Å². The van der Waals surface area contributed by atoms with Crippen molar-refractivity contribution in [2.45, 2.75) is 0 Å². The molecule has 0 aliphatic carbocycles. The Morgan fingerprint density at radius 3 is 2.78 bits per heavy atom. The van der Waals surface area contributed by atoms with Crippen LogP contribution < -0.4 is 15.2 Å². The van der Waals surface area contributed by atoms with Crippen molar-refractivity contribution < 1.29 is 9.47 Å². The van der Waals surface area contributed by atoms with Gasteiger partial charge in [0.2, 0.25) is 5.88 Å². The van der Waals surface area contributed by atoms with Crippen molar-refractivity contribution in [2.24, 2.45) is 0 Å². The van der Waals surface area contributed by atoms with Crippen molar-refractivity contribution in [1.82, 2.24) is 4.98 Å². The van der Waals surface area contributed by atoms with Gasteiger partial charge in [-0.15, -0.1) is 0 Å². The van der Waals surface area contributed by atoms with E-state index >= 15 is 0 Å². The summed E-state index contributed by atoms with van der Waals surface area (Å²) in [4.78, 5) is 4.02. The van der Waals surface area contributed by atoms with Gasteiger partial charge in [0, 0.05) is 24.0 Å². The number of ether oxygens (including phenoxy) is 2. The Labute approximate surface area is 104 Å². The molecule has 0 atom stereocenters. The third-order valence-electron chi connectivity index (χ3n) is 2.27. The van der Waals surface area contributed by atoms with Gasteiger partial charge in [-0.05, 0) is 18.2 Å². The van der Waals surface area contributed by atoms with E-state index in [1.165, 1.54) is 13.3 Å². The van der Waals surface area contributed by atoms with Crippen LogP contribution in [-0.4, -0.2) is 12.1 Å². The summed E-state index contributed by atoms with van der Waals surface area (Å²) in [5.74, 6) is 1.34. The number of nitrogen functional groups attached to an aromatic ring is 1. The number of benzene rings is 1. The van der Waals surface area contributed by atoms with E-state index in [4.69, 9.17) is 20.5 Å². The Kier molecular flexibility index (Phi) is 3.30. The fourth-order valence-corrected chi connectivity index (χ4v) is 1.42. The van der Waals surface area contributed by atoms with E-state index in [1.807, 2.05) is 6.07 Å². The molecule has 2 rings (SSSR count). The van der Waals surface area contributed by atoms with Gasteiger partial charge in [-0.1, -0.05) is 0 Å². The predicted molar refractivity (Wildman–Crippen MR) is 66.4 cm³/mol. The standard InChI is InChI=1S/C13H11N3O2/c1-17-12-7-10(15)2-3-11(12)18-13-6-9(8-14)4-5-16-13/h2-7H,15H2,1H3. The van der Waals surface area contributed by atoms with Crippen molar-refractivity contribution in [3.05, 3.63) is 42.1 Å². The summed E-state index contributed by atoms with van der Waals surface area (Å²) < 4.78 is 10.7. The normalized spacial score (nSPS) is 9.56. The van der Waals surface area contributed by atoms with E-state index in [0.717, 1.165) is 0 Å². The Hall–Kier alpha value is -2.74. The summed E-state index contributed by atoms with van der Waals surface area (Å²) in [7, 11) is 1.53. The van der Waals surface area contributed by atoms with Crippen LogP contribution in [0.2, 0.25) is 0 Å². The summed E-state index contributed by atoms with van der Waals surface area (Å²) in [5, 5.41) is 8.79. The molecule has 1 heterocycles. The molecule has 0 bridgehead atoms. The second-order valence-corrected chi connectivity index (χ2v) is 3.51. The molecular weight excluding hydrogens is 230 g/mol. The number of hydrogen-bond acceptors (Lipinski definition) is 5. The SMILES string of the molecule is COc1cc(N)ccc1Oc1cc(C#N)ccn1. The first-order valence-corrected chi connectivity index (χ1v) is 5.20. The molecule has 5 nitrogen and oxygen atoms in total. The van der Waals surface area contributed by atoms with Crippen LogP contribution in [0, 0.1) is 11.3 Å². The zero-order valence-corrected chi connectivity index (χ0v) is 9.75. The maximum absolute atomic E-state index is 8.79. The van der Waals surface area contributed by atoms with Crippen molar-refractivity contribution in [2.75, 3.05) is 12.8 Å². The van der Waals surface area contributed by atoms with Gasteiger partial charge >= 0.3 is 0 Å². The summed E-state index contributed by atoms with van der Waals surface area (Å²) in [6, 6.07) is 10.2. The second kappa shape index (κ2) is 5.06. The van der Waals surface area contributed by atoms with Crippen molar-refractivity contribution >= 4 is 5.69 Å². The molecule has 0 amide bonds. The minimum Gasteiger partial charge on any atom is -0.493 e. The smallest absolute Gasteiger partial charge is 0.220 e. The topological polar surface area (TPSA) is 81.2 Å². The lowest BCUT2D eigenvalue weighted by Gasteiger charge is -2.10. The molecule has 0 saturated heterocycles. The number of aromatic nitrogens is 1. The third kappa shape index (κ3) is 2.50. The van der Waals surface area contributed by atoms with E-state index < -0.39 is 0 Å². The molecule has 90 valence electrons. The number of rotatable bonds is 3. The van der Waals surface area contributed by atoms with Gasteiger partial charge in [0.1, 0.15) is 0 Å². The van der Waals surface area contributed by atoms with Crippen LogP contribution in [0.15, 0.2) is 36.5 Å². The Morgan fingerprint density at radius 1 is 1.22 bits per heavy atom. The Morgan fingerprint density at radius 2 is 2.06 bits per heavy atom. The minimum absolute atomic E-state index is 0.331. The monoisotopic (exact) mass is 241 g/mol. The van der Waals surface area contributed by atoms with Crippen molar-refractivity contribution in [3.8, 4) is 23.4 Å². The maximum Gasteiger partial charge on any atom is 0.220 e. The number of nitrogens with zero attached hydrogens (tertiary/aromatic N) is 2. The fourth-order valence-electron chi connectivity index (χ4n) is 1.42. The summed E-state index contributed by atoms with van der Waals surface area (Å²) in [6.45, 7) is 0. The number of nitrogens with two attached hydrogens (primary N) is 1. The van der Waals surface area contributed by atoms with Gasteiger partial charge in [-0.25, -0.2) is 4.98 Å². The van der Waals surface area contributed by atoms with Crippen LogP contribution in [0.5, 0.6) is 17.4 Å². The number of hydrogen-bond donors (Lipinski definition) is 1. The lowest BCUT2D eigenvalue weighted by molar-refractivity contribution is 0.374. The number of pyridine rings is 1. The van der Waals surface area contributed by atoms with E-state index in [0.29, 0.717) is 28.6 Å². The fraction of sp³-hybridized carbons (Fsp3) is 0.0769. The molecular formula is C13H11N3O2. The summed E-state index contributed by atoms with van der Waals surface area (Å²) in [6.07, 6.45) is 1.51. The lowest BCUT2D eigenvalue weighted by atomic mass is 10.3. The third-order valence-corrected chi connectivity index (χ3v) is 2.27.